The monoisotopic (exact) mass is 379 g/mol. The number of hydrogen-bond donors (Lipinski definition) is 0. The summed E-state index contributed by atoms with van der Waals surface area (Å²) < 4.78 is 13.4. The van der Waals surface area contributed by atoms with Gasteiger partial charge in [-0.25, -0.2) is 4.98 Å². The second-order valence-electron chi connectivity index (χ2n) is 7.03. The van der Waals surface area contributed by atoms with Gasteiger partial charge in [0.1, 0.15) is 5.75 Å². The SMILES string of the molecule is COCCn1cnc(-c2ccccc2)c1-c1cccc(OCCCN(C)C)c1. The minimum Gasteiger partial charge on any atom is -0.494 e. The molecule has 0 fully saturated rings. The maximum absolute atomic E-state index is 5.98. The third kappa shape index (κ3) is 5.21. The molecule has 5 heteroatoms. The third-order valence-electron chi connectivity index (χ3n) is 4.55. The molecule has 1 aromatic heterocycles. The Morgan fingerprint density at radius 3 is 2.50 bits per heavy atom. The lowest BCUT2D eigenvalue weighted by Crippen LogP contribution is -2.15. The maximum atomic E-state index is 5.98. The summed E-state index contributed by atoms with van der Waals surface area (Å²) in [5.74, 6) is 0.884. The van der Waals surface area contributed by atoms with Crippen molar-refractivity contribution in [3.05, 3.63) is 60.9 Å². The molecule has 148 valence electrons. The molecule has 0 bridgehead atoms. The van der Waals surface area contributed by atoms with E-state index in [1.807, 2.05) is 36.7 Å². The lowest BCUT2D eigenvalue weighted by atomic mass is 10.0. The van der Waals surface area contributed by atoms with E-state index in [2.05, 4.69) is 47.8 Å². The zero-order valence-electron chi connectivity index (χ0n) is 17.0. The number of hydrogen-bond acceptors (Lipinski definition) is 4. The Labute approximate surface area is 167 Å². The molecule has 0 atom stereocenters. The van der Waals surface area contributed by atoms with Crippen molar-refractivity contribution in [3.8, 4) is 28.3 Å². The number of benzene rings is 2. The van der Waals surface area contributed by atoms with Gasteiger partial charge in [-0.15, -0.1) is 0 Å². The van der Waals surface area contributed by atoms with E-state index in [1.165, 1.54) is 0 Å². The fourth-order valence-electron chi connectivity index (χ4n) is 3.16. The van der Waals surface area contributed by atoms with E-state index < -0.39 is 0 Å². The minimum atomic E-state index is 0.637. The van der Waals surface area contributed by atoms with Crippen molar-refractivity contribution in [2.75, 3.05) is 41.0 Å². The zero-order valence-corrected chi connectivity index (χ0v) is 17.0. The predicted octanol–water partition coefficient (Wildman–Crippen LogP) is 4.19. The van der Waals surface area contributed by atoms with Gasteiger partial charge in [-0.05, 0) is 32.6 Å². The Bertz CT molecular complexity index is 859. The summed E-state index contributed by atoms with van der Waals surface area (Å²) >= 11 is 0. The Hall–Kier alpha value is -2.63. The summed E-state index contributed by atoms with van der Waals surface area (Å²) in [6, 6.07) is 18.5. The summed E-state index contributed by atoms with van der Waals surface area (Å²) in [5, 5.41) is 0. The van der Waals surface area contributed by atoms with E-state index in [9.17, 15) is 0 Å². The van der Waals surface area contributed by atoms with Crippen molar-refractivity contribution < 1.29 is 9.47 Å². The normalized spacial score (nSPS) is 11.1. The standard InChI is InChI=1S/C23H29N3O2/c1-25(2)13-8-15-28-21-12-7-11-20(17-21)23-22(19-9-5-4-6-10-19)24-18-26(23)14-16-27-3/h4-7,9-12,17-18H,8,13-16H2,1-3H3. The molecule has 0 saturated heterocycles. The molecular weight excluding hydrogens is 350 g/mol. The summed E-state index contributed by atoms with van der Waals surface area (Å²) in [6.07, 6.45) is 2.89. The fraction of sp³-hybridized carbons (Fsp3) is 0.348. The molecule has 0 unspecified atom stereocenters. The number of rotatable bonds is 10. The summed E-state index contributed by atoms with van der Waals surface area (Å²) in [5.41, 5.74) is 4.26. The van der Waals surface area contributed by atoms with Crippen molar-refractivity contribution in [2.24, 2.45) is 0 Å². The van der Waals surface area contributed by atoms with Gasteiger partial charge in [0.15, 0.2) is 0 Å². The average Bonchev–Trinajstić information content (AvgIpc) is 3.14. The highest BCUT2D eigenvalue weighted by Crippen LogP contribution is 2.33. The van der Waals surface area contributed by atoms with Crippen LogP contribution in [0.1, 0.15) is 6.42 Å². The van der Waals surface area contributed by atoms with Crippen LogP contribution in [0.2, 0.25) is 0 Å². The number of ether oxygens (including phenoxy) is 2. The van der Waals surface area contributed by atoms with Crippen molar-refractivity contribution in [1.29, 1.82) is 0 Å². The van der Waals surface area contributed by atoms with Crippen molar-refractivity contribution in [1.82, 2.24) is 14.5 Å². The highest BCUT2D eigenvalue weighted by molar-refractivity contribution is 5.79. The van der Waals surface area contributed by atoms with E-state index in [1.54, 1.807) is 7.11 Å². The first kappa shape index (κ1) is 20.1. The summed E-state index contributed by atoms with van der Waals surface area (Å²) in [4.78, 5) is 6.87. The van der Waals surface area contributed by atoms with Crippen LogP contribution in [-0.4, -0.2) is 55.4 Å². The molecule has 0 spiro atoms. The first-order valence-electron chi connectivity index (χ1n) is 9.66. The molecule has 2 aromatic carbocycles. The van der Waals surface area contributed by atoms with Crippen LogP contribution in [0.4, 0.5) is 0 Å². The van der Waals surface area contributed by atoms with Crippen LogP contribution in [0.15, 0.2) is 60.9 Å². The quantitative estimate of drug-likeness (QED) is 0.495. The number of imidazole rings is 1. The smallest absolute Gasteiger partial charge is 0.119 e. The van der Waals surface area contributed by atoms with Crippen molar-refractivity contribution in [3.63, 3.8) is 0 Å². The molecule has 28 heavy (non-hydrogen) atoms. The van der Waals surface area contributed by atoms with Gasteiger partial charge in [-0.2, -0.15) is 0 Å². The maximum Gasteiger partial charge on any atom is 0.119 e. The van der Waals surface area contributed by atoms with Crippen LogP contribution in [-0.2, 0) is 11.3 Å². The van der Waals surface area contributed by atoms with Gasteiger partial charge < -0.3 is 18.9 Å². The molecule has 0 amide bonds. The largest absolute Gasteiger partial charge is 0.494 e. The molecule has 0 aliphatic heterocycles. The first-order valence-corrected chi connectivity index (χ1v) is 9.66. The molecule has 0 N–H and O–H groups in total. The Balaban J connectivity index is 1.88. The third-order valence-corrected chi connectivity index (χ3v) is 4.55. The number of nitrogens with zero attached hydrogens (tertiary/aromatic N) is 3. The Morgan fingerprint density at radius 2 is 1.75 bits per heavy atom. The van der Waals surface area contributed by atoms with Gasteiger partial charge in [0, 0.05) is 31.3 Å². The molecule has 0 aliphatic rings. The van der Waals surface area contributed by atoms with E-state index in [0.29, 0.717) is 13.2 Å². The Morgan fingerprint density at radius 1 is 0.964 bits per heavy atom. The molecular formula is C23H29N3O2. The van der Waals surface area contributed by atoms with Gasteiger partial charge in [-0.3, -0.25) is 0 Å². The van der Waals surface area contributed by atoms with E-state index in [-0.39, 0.29) is 0 Å². The minimum absolute atomic E-state index is 0.637. The highest BCUT2D eigenvalue weighted by atomic mass is 16.5. The summed E-state index contributed by atoms with van der Waals surface area (Å²) in [6.45, 7) is 3.11. The van der Waals surface area contributed by atoms with Gasteiger partial charge in [0.05, 0.1) is 30.9 Å². The van der Waals surface area contributed by atoms with Crippen LogP contribution in [0, 0.1) is 0 Å². The van der Waals surface area contributed by atoms with Crippen LogP contribution >= 0.6 is 0 Å². The first-order chi connectivity index (χ1) is 13.7. The van der Waals surface area contributed by atoms with Crippen LogP contribution < -0.4 is 4.74 Å². The van der Waals surface area contributed by atoms with Gasteiger partial charge in [0.25, 0.3) is 0 Å². The molecule has 3 rings (SSSR count). The second kappa shape index (κ2) is 10.1. The van der Waals surface area contributed by atoms with Gasteiger partial charge in [0.2, 0.25) is 0 Å². The van der Waals surface area contributed by atoms with Crippen molar-refractivity contribution >= 4 is 0 Å². The average molecular weight is 380 g/mol. The zero-order chi connectivity index (χ0) is 19.8. The molecule has 0 radical (unpaired) electrons. The fourth-order valence-corrected chi connectivity index (χ4v) is 3.16. The summed E-state index contributed by atoms with van der Waals surface area (Å²) in [7, 11) is 5.87. The topological polar surface area (TPSA) is 39.5 Å². The van der Waals surface area contributed by atoms with Gasteiger partial charge >= 0.3 is 0 Å². The van der Waals surface area contributed by atoms with Crippen LogP contribution in [0.5, 0.6) is 5.75 Å². The molecule has 0 saturated carbocycles. The van der Waals surface area contributed by atoms with E-state index in [0.717, 1.165) is 47.8 Å². The second-order valence-corrected chi connectivity index (χ2v) is 7.03. The molecule has 1 heterocycles. The Kier molecular flexibility index (Phi) is 7.23. The van der Waals surface area contributed by atoms with Crippen molar-refractivity contribution in [2.45, 2.75) is 13.0 Å². The molecule has 3 aromatic rings. The molecule has 5 nitrogen and oxygen atoms in total. The van der Waals surface area contributed by atoms with E-state index in [4.69, 9.17) is 14.5 Å². The lowest BCUT2D eigenvalue weighted by Gasteiger charge is -2.13. The van der Waals surface area contributed by atoms with Crippen LogP contribution in [0.3, 0.4) is 0 Å². The number of aromatic nitrogens is 2. The highest BCUT2D eigenvalue weighted by Gasteiger charge is 2.15. The van der Waals surface area contributed by atoms with Crippen LogP contribution in [0.25, 0.3) is 22.5 Å². The van der Waals surface area contributed by atoms with Gasteiger partial charge in [-0.1, -0.05) is 42.5 Å². The lowest BCUT2D eigenvalue weighted by molar-refractivity contribution is 0.187. The molecule has 0 aliphatic carbocycles. The van der Waals surface area contributed by atoms with E-state index >= 15 is 0 Å². The predicted molar refractivity (Wildman–Crippen MR) is 114 cm³/mol. The number of methoxy groups -OCH3 is 1.